The Hall–Kier alpha value is -1.74. The van der Waals surface area contributed by atoms with E-state index in [4.69, 9.17) is 19.4 Å². The topological polar surface area (TPSA) is 54.1 Å². The van der Waals surface area contributed by atoms with Crippen LogP contribution in [0.2, 0.25) is 0 Å². The Bertz CT molecular complexity index is 952. The van der Waals surface area contributed by atoms with Gasteiger partial charge in [-0.25, -0.2) is 9.97 Å². The van der Waals surface area contributed by atoms with Crippen molar-refractivity contribution in [1.29, 1.82) is 0 Å². The van der Waals surface area contributed by atoms with Crippen molar-refractivity contribution in [2.24, 2.45) is 0 Å². The summed E-state index contributed by atoms with van der Waals surface area (Å²) in [6, 6.07) is 8.83. The summed E-state index contributed by atoms with van der Waals surface area (Å²) in [5, 5.41) is 2.12. The van der Waals surface area contributed by atoms with E-state index in [9.17, 15) is 0 Å². The molecule has 0 atom stereocenters. The largest absolute Gasteiger partial charge is 0.383 e. The average molecular weight is 475 g/mol. The summed E-state index contributed by atoms with van der Waals surface area (Å²) in [4.78, 5) is 9.53. The van der Waals surface area contributed by atoms with E-state index in [2.05, 4.69) is 61.1 Å². The zero-order valence-electron chi connectivity index (χ0n) is 20.0. The van der Waals surface area contributed by atoms with E-state index in [-0.39, 0.29) is 0 Å². The second-order valence-corrected chi connectivity index (χ2v) is 9.70. The molecule has 174 valence electrons. The summed E-state index contributed by atoms with van der Waals surface area (Å²) in [6.07, 6.45) is 0. The van der Waals surface area contributed by atoms with Crippen LogP contribution >= 0.6 is 23.5 Å². The normalized spacial score (nSPS) is 11.4. The lowest BCUT2D eigenvalue weighted by Gasteiger charge is -2.10. The lowest BCUT2D eigenvalue weighted by atomic mass is 10.2. The van der Waals surface area contributed by atoms with E-state index in [0.717, 1.165) is 46.3 Å². The van der Waals surface area contributed by atoms with Crippen LogP contribution in [0.25, 0.3) is 0 Å². The van der Waals surface area contributed by atoms with Crippen molar-refractivity contribution in [1.82, 2.24) is 19.1 Å². The predicted molar refractivity (Wildman–Crippen MR) is 133 cm³/mol. The number of hydrogen-bond acceptors (Lipinski definition) is 6. The molecule has 0 amide bonds. The molecule has 3 rings (SSSR count). The van der Waals surface area contributed by atoms with Crippen LogP contribution in [0.1, 0.15) is 33.9 Å². The van der Waals surface area contributed by atoms with Gasteiger partial charge in [-0.15, -0.1) is 0 Å². The maximum absolute atomic E-state index is 5.27. The van der Waals surface area contributed by atoms with E-state index < -0.39 is 0 Å². The van der Waals surface area contributed by atoms with Crippen LogP contribution in [0.3, 0.4) is 0 Å². The lowest BCUT2D eigenvalue weighted by molar-refractivity contribution is 0.184. The standard InChI is InChI=1S/C24H34N4O2S2/c1-17-19(3)27(10-12-29-5)23(25-17)31-15-21-8-7-9-22(14-21)16-32-24-26-18(2)20(4)28(24)11-13-30-6/h7-9,14H,10-13,15-16H2,1-6H3. The van der Waals surface area contributed by atoms with Gasteiger partial charge in [0.2, 0.25) is 0 Å². The van der Waals surface area contributed by atoms with Gasteiger partial charge >= 0.3 is 0 Å². The summed E-state index contributed by atoms with van der Waals surface area (Å²) in [7, 11) is 3.48. The van der Waals surface area contributed by atoms with Crippen molar-refractivity contribution in [2.75, 3.05) is 27.4 Å². The molecule has 6 nitrogen and oxygen atoms in total. The van der Waals surface area contributed by atoms with Crippen LogP contribution in [0, 0.1) is 27.7 Å². The molecule has 0 unspecified atom stereocenters. The van der Waals surface area contributed by atoms with Gasteiger partial charge in [0.15, 0.2) is 10.3 Å². The van der Waals surface area contributed by atoms with Crippen molar-refractivity contribution < 1.29 is 9.47 Å². The third kappa shape index (κ3) is 6.19. The Labute approximate surface area is 200 Å². The average Bonchev–Trinajstić information content (AvgIpc) is 3.22. The molecule has 3 aromatic rings. The Morgan fingerprint density at radius 3 is 1.59 bits per heavy atom. The van der Waals surface area contributed by atoms with Crippen LogP contribution in [0.5, 0.6) is 0 Å². The van der Waals surface area contributed by atoms with Crippen LogP contribution in [-0.2, 0) is 34.1 Å². The smallest absolute Gasteiger partial charge is 0.168 e. The first-order valence-corrected chi connectivity index (χ1v) is 12.8. The van der Waals surface area contributed by atoms with Gasteiger partial charge in [-0.2, -0.15) is 0 Å². The fourth-order valence-corrected chi connectivity index (χ4v) is 5.59. The van der Waals surface area contributed by atoms with Gasteiger partial charge in [0, 0.05) is 50.2 Å². The SMILES string of the molecule is COCCn1c(SCc2cccc(CSc3nc(C)c(C)n3CCOC)c2)nc(C)c1C. The maximum Gasteiger partial charge on any atom is 0.168 e. The number of benzene rings is 1. The number of nitrogens with zero attached hydrogens (tertiary/aromatic N) is 4. The molecule has 2 heterocycles. The lowest BCUT2D eigenvalue weighted by Crippen LogP contribution is -2.07. The van der Waals surface area contributed by atoms with Gasteiger partial charge < -0.3 is 18.6 Å². The number of rotatable bonds is 12. The van der Waals surface area contributed by atoms with Gasteiger partial charge in [0.05, 0.1) is 24.6 Å². The first-order valence-electron chi connectivity index (χ1n) is 10.8. The summed E-state index contributed by atoms with van der Waals surface area (Å²) in [5.41, 5.74) is 7.21. The zero-order valence-corrected chi connectivity index (χ0v) is 21.6. The van der Waals surface area contributed by atoms with Crippen LogP contribution < -0.4 is 0 Å². The van der Waals surface area contributed by atoms with Gasteiger partial charge in [0.1, 0.15) is 0 Å². The van der Waals surface area contributed by atoms with Crippen molar-refractivity contribution >= 4 is 23.5 Å². The predicted octanol–water partition coefficient (Wildman–Crippen LogP) is 5.19. The van der Waals surface area contributed by atoms with Gasteiger partial charge in [-0.05, 0) is 38.8 Å². The summed E-state index contributed by atoms with van der Waals surface area (Å²) < 4.78 is 15.1. The second-order valence-electron chi connectivity index (χ2n) is 7.82. The van der Waals surface area contributed by atoms with Crippen molar-refractivity contribution in [3.05, 3.63) is 58.2 Å². The number of imidazole rings is 2. The Kier molecular flexibility index (Phi) is 9.28. The fourth-order valence-electron chi connectivity index (χ4n) is 3.46. The molecule has 0 spiro atoms. The van der Waals surface area contributed by atoms with Gasteiger partial charge in [0.25, 0.3) is 0 Å². The highest BCUT2D eigenvalue weighted by molar-refractivity contribution is 7.98. The van der Waals surface area contributed by atoms with Crippen molar-refractivity contribution in [3.63, 3.8) is 0 Å². The van der Waals surface area contributed by atoms with E-state index in [0.29, 0.717) is 13.2 Å². The number of aromatic nitrogens is 4. The minimum Gasteiger partial charge on any atom is -0.383 e. The minimum atomic E-state index is 0.690. The molecule has 0 saturated heterocycles. The molecule has 0 N–H and O–H groups in total. The number of thioether (sulfide) groups is 2. The molecule has 0 aliphatic carbocycles. The molecule has 8 heteroatoms. The van der Waals surface area contributed by atoms with Crippen molar-refractivity contribution in [2.45, 2.75) is 62.6 Å². The number of aryl methyl sites for hydroxylation is 2. The highest BCUT2D eigenvalue weighted by Gasteiger charge is 2.13. The first kappa shape index (κ1) is 24.9. The van der Waals surface area contributed by atoms with E-state index in [1.807, 2.05) is 0 Å². The Morgan fingerprint density at radius 2 is 1.19 bits per heavy atom. The number of ether oxygens (including phenoxy) is 2. The molecule has 1 aromatic carbocycles. The monoisotopic (exact) mass is 474 g/mol. The molecule has 0 fully saturated rings. The third-order valence-electron chi connectivity index (χ3n) is 5.61. The molecule has 0 aliphatic heterocycles. The summed E-state index contributed by atoms with van der Waals surface area (Å²) >= 11 is 3.57. The van der Waals surface area contributed by atoms with E-state index in [1.165, 1.54) is 22.5 Å². The Balaban J connectivity index is 1.65. The molecule has 0 radical (unpaired) electrons. The maximum atomic E-state index is 5.27. The number of hydrogen-bond donors (Lipinski definition) is 0. The van der Waals surface area contributed by atoms with Gasteiger partial charge in [-0.3, -0.25) is 0 Å². The number of methoxy groups -OCH3 is 2. The molecular formula is C24H34N4O2S2. The highest BCUT2D eigenvalue weighted by atomic mass is 32.2. The molecule has 32 heavy (non-hydrogen) atoms. The third-order valence-corrected chi connectivity index (χ3v) is 7.71. The summed E-state index contributed by atoms with van der Waals surface area (Å²) in [5.74, 6) is 1.78. The second kappa shape index (κ2) is 11.9. The van der Waals surface area contributed by atoms with E-state index in [1.54, 1.807) is 37.7 Å². The zero-order chi connectivity index (χ0) is 23.1. The molecule has 2 aromatic heterocycles. The Morgan fingerprint density at radius 1 is 0.750 bits per heavy atom. The van der Waals surface area contributed by atoms with Crippen LogP contribution in [-0.4, -0.2) is 46.5 Å². The summed E-state index contributed by atoms with van der Waals surface area (Å²) in [6.45, 7) is 11.4. The van der Waals surface area contributed by atoms with Crippen LogP contribution in [0.15, 0.2) is 34.6 Å². The molecule has 0 aliphatic rings. The molecule has 0 bridgehead atoms. The van der Waals surface area contributed by atoms with Gasteiger partial charge in [-0.1, -0.05) is 47.8 Å². The fraction of sp³-hybridized carbons (Fsp3) is 0.500. The first-order chi connectivity index (χ1) is 15.4. The van der Waals surface area contributed by atoms with E-state index >= 15 is 0 Å². The quantitative estimate of drug-likeness (QED) is 0.337. The van der Waals surface area contributed by atoms with Crippen LogP contribution in [0.4, 0.5) is 0 Å². The highest BCUT2D eigenvalue weighted by Crippen LogP contribution is 2.28. The molecule has 0 saturated carbocycles. The minimum absolute atomic E-state index is 0.690. The molecular weight excluding hydrogens is 440 g/mol. The van der Waals surface area contributed by atoms with Crippen molar-refractivity contribution in [3.8, 4) is 0 Å².